The molecule has 0 bridgehead atoms. The fourth-order valence-corrected chi connectivity index (χ4v) is 1.54. The summed E-state index contributed by atoms with van der Waals surface area (Å²) in [6.07, 6.45) is -0.176. The Morgan fingerprint density at radius 1 is 1.17 bits per heavy atom. The van der Waals surface area contributed by atoms with Crippen molar-refractivity contribution in [3.63, 3.8) is 0 Å². The third-order valence-corrected chi connectivity index (χ3v) is 2.29. The van der Waals surface area contributed by atoms with E-state index in [0.717, 1.165) is 0 Å². The molecule has 5 nitrogen and oxygen atoms in total. The number of nitrogens with one attached hydrogen (secondary N) is 2. The summed E-state index contributed by atoms with van der Waals surface area (Å²) in [5.41, 5.74) is 0.939. The predicted octanol–water partition coefficient (Wildman–Crippen LogP) is 2.22. The molecule has 0 aromatic heterocycles. The zero-order valence-corrected chi connectivity index (χ0v) is 10.8. The van der Waals surface area contributed by atoms with Crippen molar-refractivity contribution in [2.75, 3.05) is 10.6 Å². The predicted molar refractivity (Wildman–Crippen MR) is 69.7 cm³/mol. The van der Waals surface area contributed by atoms with E-state index in [2.05, 4.69) is 10.6 Å². The molecule has 0 heterocycles. The summed E-state index contributed by atoms with van der Waals surface area (Å²) in [7, 11) is 0. The number of anilines is 2. The minimum Gasteiger partial charge on any atom is -0.326 e. The minimum atomic E-state index is -0.397. The van der Waals surface area contributed by atoms with Crippen molar-refractivity contribution < 1.29 is 14.4 Å². The van der Waals surface area contributed by atoms with E-state index in [9.17, 15) is 14.4 Å². The Labute approximate surface area is 110 Å². The van der Waals surface area contributed by atoms with Crippen molar-refractivity contribution >= 4 is 40.6 Å². The Morgan fingerprint density at radius 3 is 2.33 bits per heavy atom. The van der Waals surface area contributed by atoms with Crippen molar-refractivity contribution in [2.24, 2.45) is 0 Å². The topological polar surface area (TPSA) is 75.3 Å². The standard InChI is InChI=1S/C12H13ClN2O3/c1-7(16)5-12(18)15-9-3-4-11(10(13)6-9)14-8(2)17/h3-4,6H,5H2,1-2H3,(H,14,17)(H,15,18). The zero-order valence-electron chi connectivity index (χ0n) is 10.0. The Kier molecular flexibility index (Phi) is 4.85. The number of rotatable bonds is 4. The van der Waals surface area contributed by atoms with Crippen LogP contribution in [0.25, 0.3) is 0 Å². The molecule has 0 aliphatic heterocycles. The lowest BCUT2D eigenvalue weighted by molar-refractivity contribution is -0.124. The lowest BCUT2D eigenvalue weighted by Gasteiger charge is -2.08. The highest BCUT2D eigenvalue weighted by molar-refractivity contribution is 6.34. The van der Waals surface area contributed by atoms with E-state index in [1.54, 1.807) is 12.1 Å². The summed E-state index contributed by atoms with van der Waals surface area (Å²) in [6, 6.07) is 4.67. The van der Waals surface area contributed by atoms with Crippen LogP contribution in [0.5, 0.6) is 0 Å². The van der Waals surface area contributed by atoms with Gasteiger partial charge in [0.2, 0.25) is 11.8 Å². The third kappa shape index (κ3) is 4.55. The van der Waals surface area contributed by atoms with Gasteiger partial charge >= 0.3 is 0 Å². The van der Waals surface area contributed by atoms with E-state index in [4.69, 9.17) is 11.6 Å². The Hall–Kier alpha value is -1.88. The number of hydrogen-bond donors (Lipinski definition) is 2. The minimum absolute atomic E-state index is 0.176. The van der Waals surface area contributed by atoms with Crippen LogP contribution in [0.2, 0.25) is 5.02 Å². The van der Waals surface area contributed by atoms with Crippen molar-refractivity contribution in [1.29, 1.82) is 0 Å². The summed E-state index contributed by atoms with van der Waals surface area (Å²) in [5, 5.41) is 5.40. The fraction of sp³-hybridized carbons (Fsp3) is 0.250. The highest BCUT2D eigenvalue weighted by Gasteiger charge is 2.08. The molecule has 0 fully saturated rings. The van der Waals surface area contributed by atoms with Crippen LogP contribution in [0.1, 0.15) is 20.3 Å². The fourth-order valence-electron chi connectivity index (χ4n) is 1.32. The lowest BCUT2D eigenvalue weighted by Crippen LogP contribution is -2.14. The number of amides is 2. The summed E-state index contributed by atoms with van der Waals surface area (Å²) in [4.78, 5) is 33.0. The molecule has 18 heavy (non-hydrogen) atoms. The molecule has 1 rings (SSSR count). The molecule has 6 heteroatoms. The second-order valence-electron chi connectivity index (χ2n) is 3.80. The summed E-state index contributed by atoms with van der Waals surface area (Å²) in [5.74, 6) is -0.843. The van der Waals surface area contributed by atoms with Crippen LogP contribution in [0.4, 0.5) is 11.4 Å². The monoisotopic (exact) mass is 268 g/mol. The highest BCUT2D eigenvalue weighted by Crippen LogP contribution is 2.25. The molecule has 0 unspecified atom stereocenters. The van der Waals surface area contributed by atoms with Crippen molar-refractivity contribution in [3.05, 3.63) is 23.2 Å². The first-order valence-electron chi connectivity index (χ1n) is 5.25. The van der Waals surface area contributed by atoms with E-state index in [1.165, 1.54) is 19.9 Å². The second-order valence-corrected chi connectivity index (χ2v) is 4.21. The average molecular weight is 269 g/mol. The van der Waals surface area contributed by atoms with Crippen LogP contribution in [0.3, 0.4) is 0 Å². The number of carbonyl (C=O) groups is 3. The van der Waals surface area contributed by atoms with E-state index in [1.807, 2.05) is 0 Å². The van der Waals surface area contributed by atoms with Gasteiger partial charge in [-0.2, -0.15) is 0 Å². The van der Waals surface area contributed by atoms with Crippen molar-refractivity contribution in [2.45, 2.75) is 20.3 Å². The molecule has 0 aliphatic rings. The van der Waals surface area contributed by atoms with Gasteiger partial charge in [-0.1, -0.05) is 11.6 Å². The van der Waals surface area contributed by atoms with Crippen LogP contribution in [-0.2, 0) is 14.4 Å². The number of benzene rings is 1. The molecule has 0 aliphatic carbocycles. The van der Waals surface area contributed by atoms with Gasteiger partial charge in [0.05, 0.1) is 17.1 Å². The first-order valence-corrected chi connectivity index (χ1v) is 5.62. The number of Topliss-reactive ketones (excluding diaryl/α,β-unsaturated/α-hetero) is 1. The normalized spacial score (nSPS) is 9.72. The van der Waals surface area contributed by atoms with Gasteiger partial charge in [-0.25, -0.2) is 0 Å². The van der Waals surface area contributed by atoms with Gasteiger partial charge in [0.1, 0.15) is 5.78 Å². The van der Waals surface area contributed by atoms with Crippen molar-refractivity contribution in [3.8, 4) is 0 Å². The summed E-state index contributed by atoms with van der Waals surface area (Å²) >= 11 is 5.93. The molecule has 1 aromatic carbocycles. The van der Waals surface area contributed by atoms with Gasteiger partial charge in [-0.15, -0.1) is 0 Å². The molecule has 0 saturated heterocycles. The maximum Gasteiger partial charge on any atom is 0.231 e. The highest BCUT2D eigenvalue weighted by atomic mass is 35.5. The number of ketones is 1. The molecule has 0 saturated carbocycles. The van der Waals surface area contributed by atoms with E-state index in [0.29, 0.717) is 16.4 Å². The van der Waals surface area contributed by atoms with Gasteiger partial charge in [0.25, 0.3) is 0 Å². The quantitative estimate of drug-likeness (QED) is 0.822. The van der Waals surface area contributed by atoms with Gasteiger partial charge in [-0.05, 0) is 25.1 Å². The summed E-state index contributed by atoms with van der Waals surface area (Å²) < 4.78 is 0. The maximum absolute atomic E-state index is 11.4. The summed E-state index contributed by atoms with van der Waals surface area (Å²) in [6.45, 7) is 2.71. The number of carbonyl (C=O) groups excluding carboxylic acids is 3. The van der Waals surface area contributed by atoms with Crippen LogP contribution >= 0.6 is 11.6 Å². The SMILES string of the molecule is CC(=O)CC(=O)Nc1ccc(NC(C)=O)c(Cl)c1. The first-order chi connectivity index (χ1) is 8.38. The van der Waals surface area contributed by atoms with Gasteiger partial charge in [-0.3, -0.25) is 14.4 Å². The maximum atomic E-state index is 11.4. The van der Waals surface area contributed by atoms with Gasteiger partial charge in [0, 0.05) is 12.6 Å². The lowest BCUT2D eigenvalue weighted by atomic mass is 10.2. The number of halogens is 1. The largest absolute Gasteiger partial charge is 0.326 e. The average Bonchev–Trinajstić information content (AvgIpc) is 2.20. The molecule has 2 amide bonds. The Morgan fingerprint density at radius 2 is 1.83 bits per heavy atom. The molecular weight excluding hydrogens is 256 g/mol. The van der Waals surface area contributed by atoms with Crippen LogP contribution < -0.4 is 10.6 Å². The molecule has 1 aromatic rings. The van der Waals surface area contributed by atoms with Crippen molar-refractivity contribution in [1.82, 2.24) is 0 Å². The van der Waals surface area contributed by atoms with Crippen LogP contribution in [-0.4, -0.2) is 17.6 Å². The Bertz CT molecular complexity index is 500. The molecule has 96 valence electrons. The molecular formula is C12H13ClN2O3. The van der Waals surface area contributed by atoms with Crippen LogP contribution in [0.15, 0.2) is 18.2 Å². The molecule has 2 N–H and O–H groups in total. The van der Waals surface area contributed by atoms with E-state index in [-0.39, 0.29) is 18.1 Å². The zero-order chi connectivity index (χ0) is 13.7. The molecule has 0 atom stereocenters. The molecule has 0 radical (unpaired) electrons. The smallest absolute Gasteiger partial charge is 0.231 e. The molecule has 0 spiro atoms. The van der Waals surface area contributed by atoms with Gasteiger partial charge in [0.15, 0.2) is 0 Å². The van der Waals surface area contributed by atoms with E-state index >= 15 is 0 Å². The first kappa shape index (κ1) is 14.2. The third-order valence-electron chi connectivity index (χ3n) is 1.97. The Balaban J connectivity index is 2.75. The number of hydrogen-bond acceptors (Lipinski definition) is 3. The van der Waals surface area contributed by atoms with Gasteiger partial charge < -0.3 is 10.6 Å². The van der Waals surface area contributed by atoms with Crippen LogP contribution in [0, 0.1) is 0 Å². The second kappa shape index (κ2) is 6.16. The van der Waals surface area contributed by atoms with E-state index < -0.39 is 5.91 Å².